The molecule has 0 heterocycles. The Labute approximate surface area is 194 Å². The Bertz CT molecular complexity index is 823. The van der Waals surface area contributed by atoms with Gasteiger partial charge in [-0.05, 0) is 37.5 Å². The third-order valence-electron chi connectivity index (χ3n) is 4.69. The normalized spacial score (nSPS) is 13.4. The van der Waals surface area contributed by atoms with E-state index in [1.54, 1.807) is 33.8 Å². The van der Waals surface area contributed by atoms with Crippen molar-refractivity contribution in [2.45, 2.75) is 78.9 Å². The van der Waals surface area contributed by atoms with E-state index >= 15 is 0 Å². The fourth-order valence-corrected chi connectivity index (χ4v) is 2.78. The van der Waals surface area contributed by atoms with Crippen molar-refractivity contribution in [3.8, 4) is 11.5 Å². The van der Waals surface area contributed by atoms with E-state index in [0.29, 0.717) is 5.56 Å². The summed E-state index contributed by atoms with van der Waals surface area (Å²) in [5, 5.41) is 0. The fraction of sp³-hybridized carbons (Fsp3) is 0.583. The molecule has 3 atom stereocenters. The number of carbonyl (C=O) groups is 4. The minimum atomic E-state index is -0.995. The van der Waals surface area contributed by atoms with Crippen molar-refractivity contribution < 1.29 is 38.1 Å². The van der Waals surface area contributed by atoms with Crippen LogP contribution in [0.4, 0.5) is 0 Å². The van der Waals surface area contributed by atoms with Crippen molar-refractivity contribution in [2.75, 3.05) is 6.61 Å². The summed E-state index contributed by atoms with van der Waals surface area (Å²) in [5.41, 5.74) is 6.55. The van der Waals surface area contributed by atoms with Gasteiger partial charge in [-0.1, -0.05) is 40.2 Å². The molecule has 9 heteroatoms. The second-order valence-electron chi connectivity index (χ2n) is 7.81. The van der Waals surface area contributed by atoms with Crippen LogP contribution >= 0.6 is 0 Å². The predicted molar refractivity (Wildman–Crippen MR) is 121 cm³/mol. The highest BCUT2D eigenvalue weighted by atomic mass is 16.6. The SMILES string of the molecule is CCCC(C)C(=O)O[C@@H](C)COC(=O)[C@@H](N)Cc1ccc(OC(=O)CC)c(OC(=O)CC)c1. The number of hydrogen-bond acceptors (Lipinski definition) is 9. The van der Waals surface area contributed by atoms with E-state index in [9.17, 15) is 19.2 Å². The van der Waals surface area contributed by atoms with E-state index < -0.39 is 30.1 Å². The lowest BCUT2D eigenvalue weighted by Crippen LogP contribution is -2.36. The maximum Gasteiger partial charge on any atom is 0.323 e. The van der Waals surface area contributed by atoms with Crippen molar-refractivity contribution in [1.29, 1.82) is 0 Å². The molecule has 0 saturated carbocycles. The molecule has 1 rings (SSSR count). The number of esters is 4. The van der Waals surface area contributed by atoms with Crippen LogP contribution in [-0.4, -0.2) is 42.6 Å². The van der Waals surface area contributed by atoms with Gasteiger partial charge in [0, 0.05) is 12.8 Å². The first kappa shape index (κ1) is 28.1. The van der Waals surface area contributed by atoms with Crippen molar-refractivity contribution in [3.05, 3.63) is 23.8 Å². The molecular weight excluding hydrogens is 430 g/mol. The molecule has 0 aliphatic carbocycles. The van der Waals surface area contributed by atoms with Gasteiger partial charge >= 0.3 is 23.9 Å². The minimum absolute atomic E-state index is 0.0726. The first-order valence-corrected chi connectivity index (χ1v) is 11.3. The van der Waals surface area contributed by atoms with Gasteiger partial charge in [-0.3, -0.25) is 19.2 Å². The quantitative estimate of drug-likeness (QED) is 0.345. The number of benzene rings is 1. The molecule has 0 saturated heterocycles. The summed E-state index contributed by atoms with van der Waals surface area (Å²) < 4.78 is 20.9. The standard InChI is InChI=1S/C24H35NO8/c1-6-9-15(4)23(28)31-16(5)14-30-24(29)18(25)12-17-10-11-19(32-21(26)7-2)20(13-17)33-22(27)8-3/h10-11,13,15-16,18H,6-9,12,14,25H2,1-5H3/t15?,16-,18-/m0/s1. The highest BCUT2D eigenvalue weighted by Gasteiger charge is 2.21. The van der Waals surface area contributed by atoms with Gasteiger partial charge in [0.05, 0.1) is 5.92 Å². The van der Waals surface area contributed by atoms with E-state index in [1.165, 1.54) is 12.1 Å². The lowest BCUT2D eigenvalue weighted by Gasteiger charge is -2.18. The third kappa shape index (κ3) is 10.0. The number of nitrogens with two attached hydrogens (primary N) is 1. The lowest BCUT2D eigenvalue weighted by atomic mass is 10.1. The zero-order valence-electron chi connectivity index (χ0n) is 20.1. The summed E-state index contributed by atoms with van der Waals surface area (Å²) in [7, 11) is 0. The molecule has 0 aromatic heterocycles. The summed E-state index contributed by atoms with van der Waals surface area (Å²) in [6.45, 7) is 8.59. The summed E-state index contributed by atoms with van der Waals surface area (Å²) in [6, 6.07) is 3.61. The Morgan fingerprint density at radius 2 is 1.52 bits per heavy atom. The molecule has 184 valence electrons. The topological polar surface area (TPSA) is 131 Å². The first-order valence-electron chi connectivity index (χ1n) is 11.3. The highest BCUT2D eigenvalue weighted by Crippen LogP contribution is 2.30. The van der Waals surface area contributed by atoms with E-state index in [4.69, 9.17) is 24.7 Å². The van der Waals surface area contributed by atoms with Crippen LogP contribution in [0.15, 0.2) is 18.2 Å². The largest absolute Gasteiger partial charge is 0.461 e. The van der Waals surface area contributed by atoms with E-state index in [0.717, 1.165) is 12.8 Å². The third-order valence-corrected chi connectivity index (χ3v) is 4.69. The Hall–Kier alpha value is -2.94. The summed E-state index contributed by atoms with van der Waals surface area (Å²) in [4.78, 5) is 47.6. The van der Waals surface area contributed by atoms with Crippen LogP contribution in [-0.2, 0) is 35.1 Å². The molecule has 0 aliphatic rings. The molecule has 0 aliphatic heterocycles. The molecule has 1 aromatic rings. The molecule has 1 aromatic carbocycles. The second-order valence-corrected chi connectivity index (χ2v) is 7.81. The monoisotopic (exact) mass is 465 g/mol. The molecule has 0 spiro atoms. The Balaban J connectivity index is 2.72. The second kappa shape index (κ2) is 14.3. The van der Waals surface area contributed by atoms with Crippen LogP contribution in [0.25, 0.3) is 0 Å². The molecular formula is C24H35NO8. The van der Waals surface area contributed by atoms with E-state index in [2.05, 4.69) is 0 Å². The van der Waals surface area contributed by atoms with Gasteiger partial charge in [0.2, 0.25) is 0 Å². The Morgan fingerprint density at radius 3 is 2.09 bits per heavy atom. The van der Waals surface area contributed by atoms with Gasteiger partial charge in [0.25, 0.3) is 0 Å². The lowest BCUT2D eigenvalue weighted by molar-refractivity contribution is -0.161. The van der Waals surface area contributed by atoms with Gasteiger partial charge in [-0.2, -0.15) is 0 Å². The van der Waals surface area contributed by atoms with Gasteiger partial charge in [0.1, 0.15) is 18.8 Å². The van der Waals surface area contributed by atoms with Crippen LogP contribution in [0.2, 0.25) is 0 Å². The predicted octanol–water partition coefficient (Wildman–Crippen LogP) is 3.10. The van der Waals surface area contributed by atoms with Crippen molar-refractivity contribution in [1.82, 2.24) is 0 Å². The molecule has 1 unspecified atom stereocenters. The number of carbonyl (C=O) groups excluding carboxylic acids is 4. The maximum absolute atomic E-state index is 12.3. The Morgan fingerprint density at radius 1 is 0.909 bits per heavy atom. The number of rotatable bonds is 13. The minimum Gasteiger partial charge on any atom is -0.461 e. The van der Waals surface area contributed by atoms with Gasteiger partial charge in [-0.25, -0.2) is 0 Å². The molecule has 0 radical (unpaired) electrons. The Kier molecular flexibility index (Phi) is 12.1. The first-order chi connectivity index (χ1) is 15.6. The number of hydrogen-bond donors (Lipinski definition) is 1. The zero-order valence-corrected chi connectivity index (χ0v) is 20.1. The number of ether oxygens (including phenoxy) is 4. The van der Waals surface area contributed by atoms with Crippen molar-refractivity contribution in [3.63, 3.8) is 0 Å². The van der Waals surface area contributed by atoms with Gasteiger partial charge < -0.3 is 24.7 Å². The summed E-state index contributed by atoms with van der Waals surface area (Å²) in [5.74, 6) is -2.00. The summed E-state index contributed by atoms with van der Waals surface area (Å²) in [6.07, 6.45) is 1.39. The van der Waals surface area contributed by atoms with E-state index in [-0.39, 0.29) is 49.3 Å². The molecule has 2 N–H and O–H groups in total. The van der Waals surface area contributed by atoms with Crippen molar-refractivity contribution >= 4 is 23.9 Å². The average Bonchev–Trinajstić information content (AvgIpc) is 2.78. The average molecular weight is 466 g/mol. The van der Waals surface area contributed by atoms with Crippen LogP contribution < -0.4 is 15.2 Å². The molecule has 0 amide bonds. The summed E-state index contributed by atoms with van der Waals surface area (Å²) >= 11 is 0. The van der Waals surface area contributed by atoms with Crippen LogP contribution in [0, 0.1) is 5.92 Å². The molecule has 0 bridgehead atoms. The molecule has 9 nitrogen and oxygen atoms in total. The fourth-order valence-electron chi connectivity index (χ4n) is 2.78. The zero-order chi connectivity index (χ0) is 25.0. The maximum atomic E-state index is 12.3. The van der Waals surface area contributed by atoms with Gasteiger partial charge in [-0.15, -0.1) is 0 Å². The smallest absolute Gasteiger partial charge is 0.323 e. The van der Waals surface area contributed by atoms with Gasteiger partial charge in [0.15, 0.2) is 11.5 Å². The molecule has 33 heavy (non-hydrogen) atoms. The van der Waals surface area contributed by atoms with Crippen molar-refractivity contribution in [2.24, 2.45) is 11.7 Å². The van der Waals surface area contributed by atoms with Crippen LogP contribution in [0.1, 0.15) is 65.9 Å². The van der Waals surface area contributed by atoms with Crippen LogP contribution in [0.3, 0.4) is 0 Å². The highest BCUT2D eigenvalue weighted by molar-refractivity contribution is 5.77. The molecule has 0 fully saturated rings. The van der Waals surface area contributed by atoms with E-state index in [1.807, 2.05) is 6.92 Å². The van der Waals surface area contributed by atoms with Crippen LogP contribution in [0.5, 0.6) is 11.5 Å².